The summed E-state index contributed by atoms with van der Waals surface area (Å²) >= 11 is 5.82. The molecule has 7 heteroatoms. The number of rotatable bonds is 8. The molecule has 112 valence electrons. The molecular formula is C13H19ClN2O3S. The molecule has 1 aromatic carbocycles. The fourth-order valence-electron chi connectivity index (χ4n) is 1.70. The highest BCUT2D eigenvalue weighted by Gasteiger charge is 2.34. The lowest BCUT2D eigenvalue weighted by atomic mass is 10.1. The predicted molar refractivity (Wildman–Crippen MR) is 79.2 cm³/mol. The van der Waals surface area contributed by atoms with Gasteiger partial charge in [-0.15, -0.1) is 0 Å². The number of sulfone groups is 1. The molecule has 0 saturated heterocycles. The van der Waals surface area contributed by atoms with E-state index in [2.05, 4.69) is 0 Å². The summed E-state index contributed by atoms with van der Waals surface area (Å²) in [4.78, 5) is 12.0. The lowest BCUT2D eigenvalue weighted by Gasteiger charge is -2.15. The maximum absolute atomic E-state index is 12.2. The van der Waals surface area contributed by atoms with Crippen LogP contribution in [-0.2, 0) is 14.6 Å². The quantitative estimate of drug-likeness (QED) is 0.551. The predicted octanol–water partition coefficient (Wildman–Crippen LogP) is 1.05. The van der Waals surface area contributed by atoms with Crippen LogP contribution in [0.4, 0.5) is 0 Å². The Morgan fingerprint density at radius 1 is 1.20 bits per heavy atom. The van der Waals surface area contributed by atoms with Crippen molar-refractivity contribution in [3.63, 3.8) is 0 Å². The number of ketones is 1. The van der Waals surface area contributed by atoms with Gasteiger partial charge < -0.3 is 11.5 Å². The largest absolute Gasteiger partial charge is 0.330 e. The molecule has 1 rings (SSSR count). The second kappa shape index (κ2) is 7.73. The Bertz CT molecular complexity index is 534. The Balaban J connectivity index is 2.78. The van der Waals surface area contributed by atoms with Gasteiger partial charge in [0.05, 0.1) is 10.9 Å². The van der Waals surface area contributed by atoms with Crippen LogP contribution in [0.15, 0.2) is 35.2 Å². The van der Waals surface area contributed by atoms with E-state index in [0.29, 0.717) is 19.4 Å². The summed E-state index contributed by atoms with van der Waals surface area (Å²) in [6.07, 6.45) is 1.78. The highest BCUT2D eigenvalue weighted by Crippen LogP contribution is 2.20. The third kappa shape index (κ3) is 4.28. The Labute approximate surface area is 124 Å². The van der Waals surface area contributed by atoms with E-state index < -0.39 is 26.4 Å². The highest BCUT2D eigenvalue weighted by molar-refractivity contribution is 7.94. The number of carbonyl (C=O) groups excluding carboxylic acids is 1. The summed E-state index contributed by atoms with van der Waals surface area (Å²) in [6, 6.07) is 6.74. The molecule has 0 aliphatic rings. The van der Waals surface area contributed by atoms with Gasteiger partial charge in [-0.05, 0) is 31.5 Å². The number of benzene rings is 1. The van der Waals surface area contributed by atoms with Crippen LogP contribution >= 0.6 is 11.6 Å². The Morgan fingerprint density at radius 3 is 2.35 bits per heavy atom. The van der Waals surface area contributed by atoms with Crippen LogP contribution < -0.4 is 11.5 Å². The van der Waals surface area contributed by atoms with Crippen LogP contribution in [0.2, 0.25) is 0 Å². The topological polar surface area (TPSA) is 103 Å². The van der Waals surface area contributed by atoms with Gasteiger partial charge in [-0.25, -0.2) is 8.42 Å². The van der Waals surface area contributed by atoms with E-state index in [0.717, 1.165) is 6.42 Å². The number of hydrogen-bond donors (Lipinski definition) is 2. The maximum atomic E-state index is 12.2. The summed E-state index contributed by atoms with van der Waals surface area (Å²) in [5.41, 5.74) is 11.0. The zero-order valence-electron chi connectivity index (χ0n) is 11.0. The van der Waals surface area contributed by atoms with Crippen LogP contribution in [0.3, 0.4) is 0 Å². The van der Waals surface area contributed by atoms with Gasteiger partial charge in [0, 0.05) is 0 Å². The van der Waals surface area contributed by atoms with Crippen molar-refractivity contribution in [1.29, 1.82) is 0 Å². The van der Waals surface area contributed by atoms with Crippen molar-refractivity contribution in [3.05, 3.63) is 30.3 Å². The summed E-state index contributed by atoms with van der Waals surface area (Å²) in [5, 5.41) is 0. The van der Waals surface area contributed by atoms with Gasteiger partial charge in [-0.2, -0.15) is 0 Å². The molecule has 1 aromatic rings. The molecule has 0 heterocycles. The minimum atomic E-state index is -3.90. The number of hydrogen-bond acceptors (Lipinski definition) is 5. The van der Waals surface area contributed by atoms with Gasteiger partial charge in [0.25, 0.3) is 0 Å². The van der Waals surface area contributed by atoms with Crippen molar-refractivity contribution in [1.82, 2.24) is 0 Å². The summed E-state index contributed by atoms with van der Waals surface area (Å²) in [6.45, 7) is 0.507. The molecule has 5 nitrogen and oxygen atoms in total. The molecule has 0 aliphatic carbocycles. The van der Waals surface area contributed by atoms with Crippen molar-refractivity contribution in [2.75, 3.05) is 6.54 Å². The number of halogens is 1. The van der Waals surface area contributed by atoms with Gasteiger partial charge in [-0.3, -0.25) is 4.79 Å². The number of carbonyl (C=O) groups is 1. The first kappa shape index (κ1) is 17.1. The van der Waals surface area contributed by atoms with Crippen molar-refractivity contribution < 1.29 is 13.2 Å². The van der Waals surface area contributed by atoms with E-state index >= 15 is 0 Å². The fraction of sp³-hybridized carbons (Fsp3) is 0.462. The maximum Gasteiger partial charge on any atom is 0.202 e. The molecule has 2 unspecified atom stereocenters. The van der Waals surface area contributed by atoms with Gasteiger partial charge in [0.15, 0.2) is 10.5 Å². The Morgan fingerprint density at radius 2 is 1.80 bits per heavy atom. The van der Waals surface area contributed by atoms with Gasteiger partial charge in [0.1, 0.15) is 0 Å². The minimum absolute atomic E-state index is 0.0162. The van der Waals surface area contributed by atoms with E-state index in [9.17, 15) is 13.2 Å². The zero-order chi connectivity index (χ0) is 15.2. The fourth-order valence-corrected chi connectivity index (χ4v) is 3.43. The highest BCUT2D eigenvalue weighted by atomic mass is 35.5. The number of unbranched alkanes of at least 4 members (excludes halogenated alkanes) is 1. The van der Waals surface area contributed by atoms with E-state index in [-0.39, 0.29) is 4.90 Å². The standard InChI is InChI=1S/C13H19ClN2O3S/c14-13(12(17)11(16)8-4-5-9-15)20(18,19)10-6-2-1-3-7-10/h1-3,6-7,11,13H,4-5,8-9,15-16H2. The average molecular weight is 319 g/mol. The van der Waals surface area contributed by atoms with Gasteiger partial charge in [0.2, 0.25) is 9.84 Å². The van der Waals surface area contributed by atoms with Crippen molar-refractivity contribution in [3.8, 4) is 0 Å². The van der Waals surface area contributed by atoms with Crippen molar-refractivity contribution >= 4 is 27.2 Å². The average Bonchev–Trinajstić information content (AvgIpc) is 2.46. The number of alkyl halides is 1. The Hall–Kier alpha value is -0.950. The summed E-state index contributed by atoms with van der Waals surface area (Å²) < 4.78 is 22.7. The molecule has 0 aromatic heterocycles. The van der Waals surface area contributed by atoms with Crippen LogP contribution in [-0.4, -0.2) is 31.5 Å². The second-order valence-electron chi connectivity index (χ2n) is 4.47. The lowest BCUT2D eigenvalue weighted by molar-refractivity contribution is -0.118. The van der Waals surface area contributed by atoms with Crippen molar-refractivity contribution in [2.24, 2.45) is 11.5 Å². The normalized spacial score (nSPS) is 14.8. The first-order chi connectivity index (χ1) is 9.41. The molecule has 0 radical (unpaired) electrons. The zero-order valence-corrected chi connectivity index (χ0v) is 12.6. The number of nitrogens with two attached hydrogens (primary N) is 2. The first-order valence-electron chi connectivity index (χ1n) is 6.33. The van der Waals surface area contributed by atoms with E-state index in [1.807, 2.05) is 0 Å². The molecule has 0 amide bonds. The van der Waals surface area contributed by atoms with E-state index in [1.54, 1.807) is 18.2 Å². The van der Waals surface area contributed by atoms with Gasteiger partial charge in [-0.1, -0.05) is 36.2 Å². The molecule has 0 aliphatic heterocycles. The lowest BCUT2D eigenvalue weighted by Crippen LogP contribution is -2.39. The molecule has 20 heavy (non-hydrogen) atoms. The summed E-state index contributed by atoms with van der Waals surface area (Å²) in [7, 11) is -3.90. The third-order valence-electron chi connectivity index (χ3n) is 2.90. The van der Waals surface area contributed by atoms with Crippen molar-refractivity contribution in [2.45, 2.75) is 34.9 Å². The summed E-state index contributed by atoms with van der Waals surface area (Å²) in [5.74, 6) is -0.674. The molecule has 0 fully saturated rings. The molecule has 4 N–H and O–H groups in total. The van der Waals surface area contributed by atoms with Gasteiger partial charge >= 0.3 is 0 Å². The first-order valence-corrected chi connectivity index (χ1v) is 8.32. The molecule has 0 spiro atoms. The Kier molecular flexibility index (Phi) is 6.61. The smallest absolute Gasteiger partial charge is 0.202 e. The van der Waals surface area contributed by atoms with E-state index in [4.69, 9.17) is 23.1 Å². The molecular weight excluding hydrogens is 300 g/mol. The third-order valence-corrected chi connectivity index (χ3v) is 5.53. The molecule has 0 bridgehead atoms. The van der Waals surface area contributed by atoms with Crippen LogP contribution in [0, 0.1) is 0 Å². The van der Waals surface area contributed by atoms with Crippen LogP contribution in [0.5, 0.6) is 0 Å². The molecule has 0 saturated carbocycles. The molecule has 2 atom stereocenters. The number of Topliss-reactive ketones (excluding diaryl/α,β-unsaturated/α-hetero) is 1. The monoisotopic (exact) mass is 318 g/mol. The second-order valence-corrected chi connectivity index (χ2v) is 7.20. The van der Waals surface area contributed by atoms with Crippen LogP contribution in [0.1, 0.15) is 19.3 Å². The minimum Gasteiger partial charge on any atom is -0.330 e. The SMILES string of the molecule is NCCCCC(N)C(=O)C(Cl)S(=O)(=O)c1ccccc1. The van der Waals surface area contributed by atoms with Crippen LogP contribution in [0.25, 0.3) is 0 Å². The van der Waals surface area contributed by atoms with E-state index in [1.165, 1.54) is 12.1 Å².